The Bertz CT molecular complexity index is 879. The van der Waals surface area contributed by atoms with Crippen LogP contribution in [0.4, 0.5) is 0 Å². The van der Waals surface area contributed by atoms with E-state index in [1.807, 2.05) is 18.5 Å². The van der Waals surface area contributed by atoms with Crippen LogP contribution in [0.5, 0.6) is 0 Å². The minimum atomic E-state index is 0.484. The lowest BCUT2D eigenvalue weighted by atomic mass is 9.96. The van der Waals surface area contributed by atoms with E-state index >= 15 is 0 Å². The van der Waals surface area contributed by atoms with Crippen molar-refractivity contribution in [1.82, 2.24) is 14.5 Å². The highest BCUT2D eigenvalue weighted by molar-refractivity contribution is 5.87. The SMILES string of the molecule is CCc1ccc2c(c1)c1c(n2CCc2cccnc2)CCN(C)C1C. The Morgan fingerprint density at radius 2 is 2.08 bits per heavy atom. The number of hydrogen-bond acceptors (Lipinski definition) is 2. The number of pyridine rings is 1. The molecule has 0 spiro atoms. The Morgan fingerprint density at radius 3 is 2.84 bits per heavy atom. The summed E-state index contributed by atoms with van der Waals surface area (Å²) >= 11 is 0. The molecule has 3 heterocycles. The minimum Gasteiger partial charge on any atom is -0.344 e. The zero-order valence-corrected chi connectivity index (χ0v) is 15.5. The summed E-state index contributed by atoms with van der Waals surface area (Å²) in [6, 6.07) is 11.7. The van der Waals surface area contributed by atoms with Crippen LogP contribution in [0.15, 0.2) is 42.7 Å². The van der Waals surface area contributed by atoms with E-state index in [0.717, 1.165) is 32.4 Å². The van der Waals surface area contributed by atoms with E-state index in [-0.39, 0.29) is 0 Å². The molecule has 0 aliphatic carbocycles. The van der Waals surface area contributed by atoms with Crippen molar-refractivity contribution in [3.8, 4) is 0 Å². The Morgan fingerprint density at radius 1 is 1.20 bits per heavy atom. The number of rotatable bonds is 4. The third kappa shape index (κ3) is 2.87. The van der Waals surface area contributed by atoms with Crippen LogP contribution >= 0.6 is 0 Å². The molecule has 0 fully saturated rings. The maximum atomic E-state index is 4.26. The van der Waals surface area contributed by atoms with Crippen molar-refractivity contribution in [2.75, 3.05) is 13.6 Å². The van der Waals surface area contributed by atoms with Crippen molar-refractivity contribution in [3.05, 3.63) is 65.1 Å². The van der Waals surface area contributed by atoms with E-state index in [2.05, 4.69) is 59.6 Å². The van der Waals surface area contributed by atoms with Gasteiger partial charge in [-0.15, -0.1) is 0 Å². The fourth-order valence-corrected chi connectivity index (χ4v) is 4.17. The number of aryl methyl sites for hydroxylation is 3. The molecule has 1 unspecified atom stereocenters. The summed E-state index contributed by atoms with van der Waals surface area (Å²) < 4.78 is 2.57. The molecular formula is C22H27N3. The van der Waals surface area contributed by atoms with Crippen molar-refractivity contribution in [2.24, 2.45) is 0 Å². The molecule has 0 saturated carbocycles. The van der Waals surface area contributed by atoms with E-state index < -0.39 is 0 Å². The summed E-state index contributed by atoms with van der Waals surface area (Å²) in [4.78, 5) is 6.74. The first-order valence-electron chi connectivity index (χ1n) is 9.42. The second kappa shape index (κ2) is 6.64. The van der Waals surface area contributed by atoms with Gasteiger partial charge in [0, 0.05) is 54.5 Å². The summed E-state index contributed by atoms with van der Waals surface area (Å²) in [5, 5.41) is 1.46. The number of nitrogens with zero attached hydrogens (tertiary/aromatic N) is 3. The summed E-state index contributed by atoms with van der Waals surface area (Å²) in [6.45, 7) is 6.75. The van der Waals surface area contributed by atoms with Crippen LogP contribution in [0.1, 0.15) is 42.3 Å². The molecule has 0 bridgehead atoms. The fraction of sp³-hybridized carbons (Fsp3) is 0.409. The largest absolute Gasteiger partial charge is 0.344 e. The molecular weight excluding hydrogens is 306 g/mol. The lowest BCUT2D eigenvalue weighted by Gasteiger charge is -2.31. The van der Waals surface area contributed by atoms with Gasteiger partial charge in [-0.2, -0.15) is 0 Å². The minimum absolute atomic E-state index is 0.484. The quantitative estimate of drug-likeness (QED) is 0.706. The number of fused-ring (bicyclic) bond motifs is 3. The highest BCUT2D eigenvalue weighted by Gasteiger charge is 2.27. The van der Waals surface area contributed by atoms with Gasteiger partial charge in [-0.05, 0) is 61.7 Å². The first-order valence-corrected chi connectivity index (χ1v) is 9.42. The molecule has 3 nitrogen and oxygen atoms in total. The van der Waals surface area contributed by atoms with E-state index in [9.17, 15) is 0 Å². The molecule has 1 aromatic carbocycles. The zero-order chi connectivity index (χ0) is 17.4. The van der Waals surface area contributed by atoms with Gasteiger partial charge in [0.05, 0.1) is 0 Å². The molecule has 0 saturated heterocycles. The van der Waals surface area contributed by atoms with Crippen LogP contribution in [0, 0.1) is 0 Å². The van der Waals surface area contributed by atoms with Gasteiger partial charge in [0.2, 0.25) is 0 Å². The molecule has 25 heavy (non-hydrogen) atoms. The van der Waals surface area contributed by atoms with Crippen molar-refractivity contribution in [3.63, 3.8) is 0 Å². The fourth-order valence-electron chi connectivity index (χ4n) is 4.17. The van der Waals surface area contributed by atoms with Gasteiger partial charge in [0.15, 0.2) is 0 Å². The summed E-state index contributed by atoms with van der Waals surface area (Å²) in [6.07, 6.45) is 7.10. The van der Waals surface area contributed by atoms with Gasteiger partial charge < -0.3 is 4.57 Å². The van der Waals surface area contributed by atoms with Crippen LogP contribution in [0.3, 0.4) is 0 Å². The van der Waals surface area contributed by atoms with Crippen molar-refractivity contribution < 1.29 is 0 Å². The standard InChI is InChI=1S/C22H27N3/c1-4-17-7-8-20-19(14-17)22-16(2)24(3)12-10-21(22)25(20)13-9-18-6-5-11-23-15-18/h5-8,11,14-16H,4,9-10,12-13H2,1-3H3. The van der Waals surface area contributed by atoms with Gasteiger partial charge in [-0.25, -0.2) is 0 Å². The van der Waals surface area contributed by atoms with Gasteiger partial charge in [-0.3, -0.25) is 9.88 Å². The number of hydrogen-bond donors (Lipinski definition) is 0. The van der Waals surface area contributed by atoms with Crippen LogP contribution < -0.4 is 0 Å². The van der Waals surface area contributed by atoms with E-state index in [1.54, 1.807) is 5.56 Å². The van der Waals surface area contributed by atoms with E-state index in [4.69, 9.17) is 0 Å². The monoisotopic (exact) mass is 333 g/mol. The molecule has 0 amide bonds. The highest BCUT2D eigenvalue weighted by atomic mass is 15.1. The van der Waals surface area contributed by atoms with Gasteiger partial charge in [0.1, 0.15) is 0 Å². The normalized spacial score (nSPS) is 17.8. The molecule has 130 valence electrons. The Kier molecular flexibility index (Phi) is 4.34. The number of benzene rings is 1. The Hall–Kier alpha value is -2.13. The van der Waals surface area contributed by atoms with Gasteiger partial charge in [0.25, 0.3) is 0 Å². The molecule has 3 heteroatoms. The van der Waals surface area contributed by atoms with Crippen LogP contribution in [-0.2, 0) is 25.8 Å². The number of aromatic nitrogens is 2. The third-order valence-corrected chi connectivity index (χ3v) is 5.81. The second-order valence-electron chi connectivity index (χ2n) is 7.23. The maximum Gasteiger partial charge on any atom is 0.0486 e. The van der Waals surface area contributed by atoms with Crippen molar-refractivity contribution >= 4 is 10.9 Å². The summed E-state index contributed by atoms with van der Waals surface area (Å²) in [5.74, 6) is 0. The first-order chi connectivity index (χ1) is 12.2. The average Bonchev–Trinajstić information content (AvgIpc) is 2.97. The lowest BCUT2D eigenvalue weighted by Crippen LogP contribution is -2.31. The average molecular weight is 333 g/mol. The van der Waals surface area contributed by atoms with E-state index in [1.165, 1.54) is 27.7 Å². The molecule has 1 aliphatic heterocycles. The summed E-state index contributed by atoms with van der Waals surface area (Å²) in [7, 11) is 2.25. The highest BCUT2D eigenvalue weighted by Crippen LogP contribution is 2.37. The van der Waals surface area contributed by atoms with E-state index in [0.29, 0.717) is 6.04 Å². The second-order valence-corrected chi connectivity index (χ2v) is 7.23. The molecule has 0 radical (unpaired) electrons. The summed E-state index contributed by atoms with van der Waals surface area (Å²) in [5.41, 5.74) is 7.22. The molecule has 0 N–H and O–H groups in total. The molecule has 2 aromatic heterocycles. The van der Waals surface area contributed by atoms with Crippen LogP contribution in [0.2, 0.25) is 0 Å². The number of likely N-dealkylation sites (N-methyl/N-ethyl adjacent to an activating group) is 1. The van der Waals surface area contributed by atoms with Crippen LogP contribution in [-0.4, -0.2) is 28.0 Å². The predicted octanol–water partition coefficient (Wildman–Crippen LogP) is 4.39. The van der Waals surface area contributed by atoms with Crippen molar-refractivity contribution in [1.29, 1.82) is 0 Å². The smallest absolute Gasteiger partial charge is 0.0486 e. The Labute approximate surface area is 150 Å². The van der Waals surface area contributed by atoms with Gasteiger partial charge in [-0.1, -0.05) is 19.1 Å². The topological polar surface area (TPSA) is 21.1 Å². The maximum absolute atomic E-state index is 4.26. The van der Waals surface area contributed by atoms with Crippen LogP contribution in [0.25, 0.3) is 10.9 Å². The molecule has 3 aromatic rings. The lowest BCUT2D eigenvalue weighted by molar-refractivity contribution is 0.245. The van der Waals surface area contributed by atoms with Crippen molar-refractivity contribution in [2.45, 2.75) is 45.7 Å². The first kappa shape index (κ1) is 16.3. The zero-order valence-electron chi connectivity index (χ0n) is 15.5. The molecule has 1 aliphatic rings. The predicted molar refractivity (Wildman–Crippen MR) is 104 cm³/mol. The van der Waals surface area contributed by atoms with Gasteiger partial charge >= 0.3 is 0 Å². The Balaban J connectivity index is 1.80. The molecule has 4 rings (SSSR count). The third-order valence-electron chi connectivity index (χ3n) is 5.81. The molecule has 1 atom stereocenters.